The summed E-state index contributed by atoms with van der Waals surface area (Å²) in [5, 5.41) is 6.39. The molecule has 0 aromatic carbocycles. The first-order chi connectivity index (χ1) is 11.1. The summed E-state index contributed by atoms with van der Waals surface area (Å²) in [6.45, 7) is 4.07. The van der Waals surface area contributed by atoms with Crippen LogP contribution in [0.3, 0.4) is 0 Å². The molecule has 0 spiro atoms. The van der Waals surface area contributed by atoms with Crippen LogP contribution >= 0.6 is 11.3 Å². The molecule has 0 N–H and O–H groups in total. The Balaban J connectivity index is 1.70. The maximum absolute atomic E-state index is 11.8. The second-order valence-corrected chi connectivity index (χ2v) is 5.77. The summed E-state index contributed by atoms with van der Waals surface area (Å²) >= 11 is 1.57. The van der Waals surface area contributed by atoms with Gasteiger partial charge in [-0.3, -0.25) is 4.57 Å². The maximum Gasteiger partial charge on any atom is 0.331 e. The van der Waals surface area contributed by atoms with Gasteiger partial charge in [-0.2, -0.15) is 0 Å². The number of thiazole rings is 1. The molecule has 0 fully saturated rings. The highest BCUT2D eigenvalue weighted by Crippen LogP contribution is 2.23. The molecule has 23 heavy (non-hydrogen) atoms. The first-order valence-corrected chi connectivity index (χ1v) is 7.86. The van der Waals surface area contributed by atoms with E-state index in [4.69, 9.17) is 9.26 Å². The lowest BCUT2D eigenvalue weighted by molar-refractivity contribution is -0.139. The van der Waals surface area contributed by atoms with E-state index in [0.717, 1.165) is 22.1 Å². The smallest absolute Gasteiger partial charge is 0.331 e. The number of hydrogen-bond donors (Lipinski definition) is 0. The Morgan fingerprint density at radius 1 is 1.43 bits per heavy atom. The SMILES string of the molecule is Cc1cc(/C=C/C(=O)OCc2ccno2)c(C)n1-c1nccs1. The van der Waals surface area contributed by atoms with Crippen LogP contribution in [0.5, 0.6) is 0 Å². The van der Waals surface area contributed by atoms with E-state index < -0.39 is 5.97 Å². The van der Waals surface area contributed by atoms with E-state index in [1.807, 2.05) is 25.3 Å². The molecule has 0 aliphatic rings. The van der Waals surface area contributed by atoms with Crippen LogP contribution < -0.4 is 0 Å². The number of esters is 1. The minimum Gasteiger partial charge on any atom is -0.454 e. The number of hydrogen-bond acceptors (Lipinski definition) is 6. The van der Waals surface area contributed by atoms with Crippen LogP contribution in [0.2, 0.25) is 0 Å². The number of rotatable bonds is 5. The van der Waals surface area contributed by atoms with Crippen molar-refractivity contribution in [1.29, 1.82) is 0 Å². The monoisotopic (exact) mass is 329 g/mol. The van der Waals surface area contributed by atoms with Crippen molar-refractivity contribution in [2.45, 2.75) is 20.5 Å². The van der Waals surface area contributed by atoms with E-state index in [1.165, 1.54) is 12.3 Å². The Hall–Kier alpha value is -2.67. The van der Waals surface area contributed by atoms with Gasteiger partial charge >= 0.3 is 5.97 Å². The number of carbonyl (C=O) groups excluding carboxylic acids is 1. The Morgan fingerprint density at radius 2 is 2.30 bits per heavy atom. The van der Waals surface area contributed by atoms with E-state index in [-0.39, 0.29) is 6.61 Å². The molecule has 0 unspecified atom stereocenters. The van der Waals surface area contributed by atoms with Gasteiger partial charge in [0.15, 0.2) is 17.5 Å². The quantitative estimate of drug-likeness (QED) is 0.530. The summed E-state index contributed by atoms with van der Waals surface area (Å²) in [6, 6.07) is 3.66. The Labute approximate surface area is 137 Å². The molecule has 3 heterocycles. The highest BCUT2D eigenvalue weighted by molar-refractivity contribution is 7.12. The van der Waals surface area contributed by atoms with Gasteiger partial charge in [-0.25, -0.2) is 9.78 Å². The van der Waals surface area contributed by atoms with Gasteiger partial charge in [0.05, 0.1) is 6.20 Å². The van der Waals surface area contributed by atoms with E-state index in [9.17, 15) is 4.79 Å². The molecule has 0 radical (unpaired) electrons. The molecule has 118 valence electrons. The van der Waals surface area contributed by atoms with Crippen LogP contribution in [0.1, 0.15) is 22.7 Å². The van der Waals surface area contributed by atoms with Crippen molar-refractivity contribution in [2.75, 3.05) is 0 Å². The van der Waals surface area contributed by atoms with Gasteiger partial charge in [0.2, 0.25) is 0 Å². The first-order valence-electron chi connectivity index (χ1n) is 6.98. The molecule has 0 aliphatic carbocycles. The minimum atomic E-state index is -0.430. The van der Waals surface area contributed by atoms with Crippen molar-refractivity contribution in [3.8, 4) is 5.13 Å². The predicted octanol–water partition coefficient (Wildman–Crippen LogP) is 3.30. The minimum absolute atomic E-state index is 0.0707. The maximum atomic E-state index is 11.8. The molecule has 0 atom stereocenters. The normalized spacial score (nSPS) is 11.2. The van der Waals surface area contributed by atoms with E-state index in [1.54, 1.807) is 29.7 Å². The summed E-state index contributed by atoms with van der Waals surface area (Å²) in [4.78, 5) is 16.1. The van der Waals surface area contributed by atoms with Gasteiger partial charge < -0.3 is 9.26 Å². The predicted molar refractivity (Wildman–Crippen MR) is 86.2 cm³/mol. The highest BCUT2D eigenvalue weighted by Gasteiger charge is 2.11. The van der Waals surface area contributed by atoms with Gasteiger partial charge in [0.25, 0.3) is 0 Å². The summed E-state index contributed by atoms with van der Waals surface area (Å²) in [5.41, 5.74) is 3.04. The number of ether oxygens (including phenoxy) is 1. The fourth-order valence-corrected chi connectivity index (χ4v) is 2.99. The number of carbonyl (C=O) groups is 1. The fraction of sp³-hybridized carbons (Fsp3) is 0.188. The van der Waals surface area contributed by atoms with Crippen molar-refractivity contribution in [3.05, 3.63) is 58.7 Å². The van der Waals surface area contributed by atoms with E-state index >= 15 is 0 Å². The summed E-state index contributed by atoms with van der Waals surface area (Å²) in [7, 11) is 0. The third-order valence-electron chi connectivity index (χ3n) is 3.33. The molecule has 3 aromatic rings. The van der Waals surface area contributed by atoms with Gasteiger partial charge in [-0.05, 0) is 31.6 Å². The molecule has 0 aliphatic heterocycles. The molecule has 3 aromatic heterocycles. The van der Waals surface area contributed by atoms with Crippen LogP contribution in [0.4, 0.5) is 0 Å². The van der Waals surface area contributed by atoms with Crippen molar-refractivity contribution in [2.24, 2.45) is 0 Å². The van der Waals surface area contributed by atoms with E-state index in [2.05, 4.69) is 14.7 Å². The lowest BCUT2D eigenvalue weighted by Gasteiger charge is -2.04. The Morgan fingerprint density at radius 3 is 3.00 bits per heavy atom. The standard InChI is InChI=1S/C16H15N3O3S/c1-11-9-13(12(2)19(11)16-17-7-8-23-16)3-4-15(20)21-10-14-5-6-18-22-14/h3-9H,10H2,1-2H3/b4-3+. The van der Waals surface area contributed by atoms with Crippen molar-refractivity contribution < 1.29 is 14.1 Å². The topological polar surface area (TPSA) is 70.2 Å². The molecule has 0 amide bonds. The van der Waals surface area contributed by atoms with Gasteiger partial charge in [-0.1, -0.05) is 5.16 Å². The van der Waals surface area contributed by atoms with Crippen LogP contribution in [-0.2, 0) is 16.1 Å². The highest BCUT2D eigenvalue weighted by atomic mass is 32.1. The molecule has 6 nitrogen and oxygen atoms in total. The van der Waals surface area contributed by atoms with Gasteiger partial charge in [-0.15, -0.1) is 11.3 Å². The number of aromatic nitrogens is 3. The van der Waals surface area contributed by atoms with Crippen LogP contribution in [-0.4, -0.2) is 20.7 Å². The zero-order chi connectivity index (χ0) is 16.2. The lowest BCUT2D eigenvalue weighted by atomic mass is 10.2. The fourth-order valence-electron chi connectivity index (χ4n) is 2.24. The zero-order valence-corrected chi connectivity index (χ0v) is 13.5. The molecule has 0 saturated carbocycles. The van der Waals surface area contributed by atoms with Gasteiger partial charge in [0.1, 0.15) is 0 Å². The molecular weight excluding hydrogens is 314 g/mol. The second-order valence-electron chi connectivity index (χ2n) is 4.90. The van der Waals surface area contributed by atoms with Crippen LogP contribution in [0.15, 0.2) is 40.5 Å². The van der Waals surface area contributed by atoms with Crippen molar-refractivity contribution >= 4 is 23.4 Å². The summed E-state index contributed by atoms with van der Waals surface area (Å²) < 4.78 is 12.0. The Kier molecular flexibility index (Phi) is 4.38. The summed E-state index contributed by atoms with van der Waals surface area (Å²) in [5.74, 6) is 0.0779. The largest absolute Gasteiger partial charge is 0.454 e. The van der Waals surface area contributed by atoms with Crippen LogP contribution in [0, 0.1) is 13.8 Å². The lowest BCUT2D eigenvalue weighted by Crippen LogP contribution is -2.00. The first kappa shape index (κ1) is 15.2. The average Bonchev–Trinajstić information content (AvgIpc) is 3.25. The van der Waals surface area contributed by atoms with Crippen molar-refractivity contribution in [1.82, 2.24) is 14.7 Å². The third-order valence-corrected chi connectivity index (χ3v) is 4.08. The number of nitrogens with zero attached hydrogens (tertiary/aromatic N) is 3. The second kappa shape index (κ2) is 6.62. The molecular formula is C16H15N3O3S. The van der Waals surface area contributed by atoms with E-state index in [0.29, 0.717) is 5.76 Å². The molecule has 3 rings (SSSR count). The Bertz CT molecular complexity index is 817. The molecule has 0 bridgehead atoms. The molecule has 7 heteroatoms. The third kappa shape index (κ3) is 3.40. The molecule has 0 saturated heterocycles. The van der Waals surface area contributed by atoms with Crippen molar-refractivity contribution in [3.63, 3.8) is 0 Å². The number of aryl methyl sites for hydroxylation is 1. The van der Waals surface area contributed by atoms with Crippen LogP contribution in [0.25, 0.3) is 11.2 Å². The zero-order valence-electron chi connectivity index (χ0n) is 12.7. The summed E-state index contributed by atoms with van der Waals surface area (Å²) in [6.07, 6.45) is 6.43. The average molecular weight is 329 g/mol. The van der Waals surface area contributed by atoms with Gasteiger partial charge in [0, 0.05) is 35.1 Å².